The molecular weight excluding hydrogens is 296 g/mol. The molecule has 5 rings (SSSR count). The first kappa shape index (κ1) is 14.4. The van der Waals surface area contributed by atoms with E-state index in [1.54, 1.807) is 0 Å². The lowest BCUT2D eigenvalue weighted by Gasteiger charge is -2.56. The van der Waals surface area contributed by atoms with Crippen LogP contribution >= 0.6 is 11.6 Å². The fourth-order valence-corrected chi connectivity index (χ4v) is 5.58. The maximum absolute atomic E-state index is 12.5. The van der Waals surface area contributed by atoms with Crippen molar-refractivity contribution in [2.75, 3.05) is 5.32 Å². The van der Waals surface area contributed by atoms with Gasteiger partial charge in [0.1, 0.15) is 0 Å². The second-order valence-corrected chi connectivity index (χ2v) is 8.10. The highest BCUT2D eigenvalue weighted by molar-refractivity contribution is 6.31. The SMILES string of the molecule is Cc1c(Cl)cccc1NC(=O)NC12CC3CC(CC(C3)C1)C2. The molecule has 0 aliphatic heterocycles. The molecule has 0 unspecified atom stereocenters. The molecule has 3 nitrogen and oxygen atoms in total. The van der Waals surface area contributed by atoms with Gasteiger partial charge in [0.15, 0.2) is 0 Å². The third-order valence-corrected chi connectivity index (χ3v) is 6.34. The zero-order valence-corrected chi connectivity index (χ0v) is 13.7. The van der Waals surface area contributed by atoms with E-state index >= 15 is 0 Å². The minimum Gasteiger partial charge on any atom is -0.332 e. The number of nitrogens with one attached hydrogen (secondary N) is 2. The summed E-state index contributed by atoms with van der Waals surface area (Å²) in [5.74, 6) is 2.50. The summed E-state index contributed by atoms with van der Waals surface area (Å²) in [5, 5.41) is 7.01. The molecule has 22 heavy (non-hydrogen) atoms. The van der Waals surface area contributed by atoms with E-state index in [-0.39, 0.29) is 11.6 Å². The van der Waals surface area contributed by atoms with Gasteiger partial charge in [-0.3, -0.25) is 0 Å². The number of carbonyl (C=O) groups is 1. The molecule has 1 aromatic carbocycles. The predicted octanol–water partition coefficient (Wildman–Crippen LogP) is 4.74. The summed E-state index contributed by atoms with van der Waals surface area (Å²) >= 11 is 6.13. The number of hydrogen-bond donors (Lipinski definition) is 2. The van der Waals surface area contributed by atoms with E-state index in [1.807, 2.05) is 25.1 Å². The van der Waals surface area contributed by atoms with Gasteiger partial charge in [0.05, 0.1) is 0 Å². The van der Waals surface area contributed by atoms with Crippen LogP contribution in [-0.2, 0) is 0 Å². The average molecular weight is 319 g/mol. The first-order chi connectivity index (χ1) is 10.5. The van der Waals surface area contributed by atoms with E-state index in [9.17, 15) is 4.79 Å². The molecule has 1 aromatic rings. The zero-order valence-electron chi connectivity index (χ0n) is 13.0. The molecule has 0 radical (unpaired) electrons. The lowest BCUT2D eigenvalue weighted by molar-refractivity contribution is -0.0127. The van der Waals surface area contributed by atoms with Crippen LogP contribution in [0.1, 0.15) is 44.1 Å². The van der Waals surface area contributed by atoms with Crippen molar-refractivity contribution < 1.29 is 4.79 Å². The highest BCUT2D eigenvalue weighted by Gasteiger charge is 2.51. The van der Waals surface area contributed by atoms with Crippen molar-refractivity contribution in [1.29, 1.82) is 0 Å². The Kier molecular flexibility index (Phi) is 3.37. The maximum Gasteiger partial charge on any atom is 0.319 e. The van der Waals surface area contributed by atoms with Gasteiger partial charge in [0, 0.05) is 16.2 Å². The molecule has 4 saturated carbocycles. The predicted molar refractivity (Wildman–Crippen MR) is 89.2 cm³/mol. The van der Waals surface area contributed by atoms with Gasteiger partial charge >= 0.3 is 6.03 Å². The van der Waals surface area contributed by atoms with Crippen molar-refractivity contribution in [1.82, 2.24) is 5.32 Å². The summed E-state index contributed by atoms with van der Waals surface area (Å²) in [6.07, 6.45) is 7.66. The Hall–Kier alpha value is -1.22. The number of rotatable bonds is 2. The van der Waals surface area contributed by atoms with Crippen molar-refractivity contribution in [2.45, 2.75) is 51.0 Å². The van der Waals surface area contributed by atoms with Crippen LogP contribution in [0.2, 0.25) is 5.02 Å². The van der Waals surface area contributed by atoms with Crippen molar-refractivity contribution >= 4 is 23.3 Å². The molecule has 0 heterocycles. The molecule has 0 spiro atoms. The maximum atomic E-state index is 12.5. The summed E-state index contributed by atoms with van der Waals surface area (Å²) in [6.45, 7) is 1.93. The largest absolute Gasteiger partial charge is 0.332 e. The third kappa shape index (κ3) is 2.50. The van der Waals surface area contributed by atoms with E-state index in [0.717, 1.165) is 29.0 Å². The molecule has 4 fully saturated rings. The van der Waals surface area contributed by atoms with Gasteiger partial charge in [-0.2, -0.15) is 0 Å². The van der Waals surface area contributed by atoms with Crippen molar-refractivity contribution in [3.05, 3.63) is 28.8 Å². The van der Waals surface area contributed by atoms with Gasteiger partial charge in [0.25, 0.3) is 0 Å². The van der Waals surface area contributed by atoms with Crippen molar-refractivity contribution in [2.24, 2.45) is 17.8 Å². The lowest BCUT2D eigenvalue weighted by Crippen LogP contribution is -2.60. The van der Waals surface area contributed by atoms with Gasteiger partial charge in [0.2, 0.25) is 0 Å². The molecule has 0 saturated heterocycles. The van der Waals surface area contributed by atoms with Crippen LogP contribution in [-0.4, -0.2) is 11.6 Å². The fourth-order valence-electron chi connectivity index (χ4n) is 5.40. The van der Waals surface area contributed by atoms with Crippen molar-refractivity contribution in [3.8, 4) is 0 Å². The van der Waals surface area contributed by atoms with E-state index < -0.39 is 0 Å². The smallest absolute Gasteiger partial charge is 0.319 e. The van der Waals surface area contributed by atoms with E-state index in [4.69, 9.17) is 11.6 Å². The van der Waals surface area contributed by atoms with Gasteiger partial charge in [-0.1, -0.05) is 17.7 Å². The number of urea groups is 1. The number of anilines is 1. The Labute approximate surface area is 136 Å². The molecular formula is C18H23ClN2O. The minimum absolute atomic E-state index is 0.0469. The molecule has 118 valence electrons. The Morgan fingerprint density at radius 3 is 2.32 bits per heavy atom. The van der Waals surface area contributed by atoms with Gasteiger partial charge < -0.3 is 10.6 Å². The van der Waals surface area contributed by atoms with Crippen LogP contribution in [0, 0.1) is 24.7 Å². The van der Waals surface area contributed by atoms with Gasteiger partial charge in [-0.05, 0) is 80.9 Å². The molecule has 0 atom stereocenters. The Morgan fingerprint density at radius 1 is 1.14 bits per heavy atom. The average Bonchev–Trinajstić information content (AvgIpc) is 2.41. The molecule has 0 aromatic heterocycles. The number of amides is 2. The Balaban J connectivity index is 1.47. The quantitative estimate of drug-likeness (QED) is 0.812. The van der Waals surface area contributed by atoms with Crippen LogP contribution in [0.5, 0.6) is 0 Å². The highest BCUT2D eigenvalue weighted by atomic mass is 35.5. The van der Waals surface area contributed by atoms with E-state index in [1.165, 1.54) is 38.5 Å². The number of benzene rings is 1. The molecule has 4 heteroatoms. The van der Waals surface area contributed by atoms with Crippen LogP contribution in [0.3, 0.4) is 0 Å². The highest BCUT2D eigenvalue weighted by Crippen LogP contribution is 2.55. The normalized spacial score (nSPS) is 35.5. The molecule has 4 aliphatic rings. The molecule has 4 bridgehead atoms. The van der Waals surface area contributed by atoms with Crippen molar-refractivity contribution in [3.63, 3.8) is 0 Å². The molecule has 2 amide bonds. The minimum atomic E-state index is -0.0766. The summed E-state index contributed by atoms with van der Waals surface area (Å²) in [4.78, 5) is 12.5. The van der Waals surface area contributed by atoms with Crippen LogP contribution in [0.15, 0.2) is 18.2 Å². The molecule has 2 N–H and O–H groups in total. The van der Waals surface area contributed by atoms with Gasteiger partial charge in [-0.15, -0.1) is 0 Å². The number of hydrogen-bond acceptors (Lipinski definition) is 1. The standard InChI is InChI=1S/C18H23ClN2O/c1-11-15(19)3-2-4-16(11)20-17(22)21-18-8-12-5-13(9-18)7-14(6-12)10-18/h2-4,12-14H,5-10H2,1H3,(H2,20,21,22). The second-order valence-electron chi connectivity index (χ2n) is 7.69. The van der Waals surface area contributed by atoms with Crippen LogP contribution < -0.4 is 10.6 Å². The Morgan fingerprint density at radius 2 is 1.73 bits per heavy atom. The monoisotopic (exact) mass is 318 g/mol. The fraction of sp³-hybridized carbons (Fsp3) is 0.611. The van der Waals surface area contributed by atoms with Gasteiger partial charge in [-0.25, -0.2) is 4.79 Å². The number of halogens is 1. The zero-order chi connectivity index (χ0) is 15.3. The van der Waals surface area contributed by atoms with Crippen LogP contribution in [0.4, 0.5) is 10.5 Å². The Bertz CT molecular complexity index is 578. The molecule has 4 aliphatic carbocycles. The van der Waals surface area contributed by atoms with E-state index in [0.29, 0.717) is 5.02 Å². The first-order valence-corrected chi connectivity index (χ1v) is 8.75. The summed E-state index contributed by atoms with van der Waals surface area (Å²) < 4.78 is 0. The topological polar surface area (TPSA) is 41.1 Å². The summed E-state index contributed by atoms with van der Waals surface area (Å²) in [5.41, 5.74) is 1.77. The van der Waals surface area contributed by atoms with E-state index in [2.05, 4.69) is 10.6 Å². The summed E-state index contributed by atoms with van der Waals surface area (Å²) in [6, 6.07) is 5.54. The summed E-state index contributed by atoms with van der Waals surface area (Å²) in [7, 11) is 0. The first-order valence-electron chi connectivity index (χ1n) is 8.37. The van der Waals surface area contributed by atoms with Crippen LogP contribution in [0.25, 0.3) is 0 Å². The third-order valence-electron chi connectivity index (χ3n) is 5.93. The second kappa shape index (κ2) is 5.16. The number of carbonyl (C=O) groups excluding carboxylic acids is 1. The lowest BCUT2D eigenvalue weighted by atomic mass is 9.53.